The lowest BCUT2D eigenvalue weighted by Gasteiger charge is -2.20. The molecular weight excluding hydrogens is 296 g/mol. The van der Waals surface area contributed by atoms with Gasteiger partial charge in [0, 0.05) is 12.2 Å². The maximum atomic E-state index is 11.6. The molecule has 0 radical (unpaired) electrons. The molecule has 0 aliphatic rings. The molecule has 0 heterocycles. The highest BCUT2D eigenvalue weighted by molar-refractivity contribution is 5.77. The van der Waals surface area contributed by atoms with E-state index in [1.165, 1.54) is 0 Å². The van der Waals surface area contributed by atoms with Gasteiger partial charge in [0.25, 0.3) is 0 Å². The van der Waals surface area contributed by atoms with Gasteiger partial charge in [-0.3, -0.25) is 0 Å². The van der Waals surface area contributed by atoms with Crippen molar-refractivity contribution in [3.63, 3.8) is 0 Å². The van der Waals surface area contributed by atoms with Gasteiger partial charge in [0.1, 0.15) is 11.6 Å². The summed E-state index contributed by atoms with van der Waals surface area (Å²) in [6.07, 6.45) is -0.467. The zero-order chi connectivity index (χ0) is 17.6. The Labute approximate surface area is 137 Å². The molecule has 0 aliphatic carbocycles. The molecule has 0 spiro atoms. The van der Waals surface area contributed by atoms with Crippen molar-refractivity contribution in [1.29, 1.82) is 0 Å². The number of aliphatic carboxylic acids is 1. The highest BCUT2D eigenvalue weighted by atomic mass is 16.6. The summed E-state index contributed by atoms with van der Waals surface area (Å²) in [5.74, 6) is -0.906. The van der Waals surface area contributed by atoms with Crippen LogP contribution in [0.25, 0.3) is 0 Å². The highest BCUT2D eigenvalue weighted by Crippen LogP contribution is 2.14. The average molecular weight is 322 g/mol. The van der Waals surface area contributed by atoms with Crippen molar-refractivity contribution in [2.45, 2.75) is 52.8 Å². The Morgan fingerprint density at radius 2 is 1.74 bits per heavy atom. The number of alkyl carbamates (subject to hydrolysis) is 1. The zero-order valence-corrected chi connectivity index (χ0v) is 14.3. The molecule has 128 valence electrons. The molecule has 1 aromatic carbocycles. The van der Waals surface area contributed by atoms with Crippen molar-refractivity contribution in [2.75, 3.05) is 5.32 Å². The molecule has 0 bridgehead atoms. The zero-order valence-electron chi connectivity index (χ0n) is 14.3. The molecule has 0 saturated heterocycles. The van der Waals surface area contributed by atoms with E-state index in [1.54, 1.807) is 32.9 Å². The summed E-state index contributed by atoms with van der Waals surface area (Å²) in [5.41, 5.74) is 1.10. The number of carboxylic acids is 1. The van der Waals surface area contributed by atoms with Crippen LogP contribution in [-0.4, -0.2) is 28.8 Å². The molecule has 1 amide bonds. The minimum atomic E-state index is -0.879. The van der Waals surface area contributed by atoms with E-state index < -0.39 is 23.7 Å². The van der Waals surface area contributed by atoms with Crippen molar-refractivity contribution in [1.82, 2.24) is 5.32 Å². The largest absolute Gasteiger partial charge is 0.480 e. The molecule has 6 heteroatoms. The van der Waals surface area contributed by atoms with Crippen LogP contribution in [0.5, 0.6) is 0 Å². The van der Waals surface area contributed by atoms with Gasteiger partial charge in [-0.25, -0.2) is 9.59 Å². The molecule has 0 aliphatic heterocycles. The molecule has 3 N–H and O–H groups in total. The SMILES string of the molecule is CC(C)C(Nc1ccc(CNC(=O)OC(C)(C)C)cc1)C(=O)O. The first kappa shape index (κ1) is 18.8. The standard InChI is InChI=1S/C17H26N2O4/c1-11(2)14(15(20)21)19-13-8-6-12(7-9-13)10-18-16(22)23-17(3,4)5/h6-9,11,14,19H,10H2,1-5H3,(H,18,22)(H,20,21). The second kappa shape index (κ2) is 7.85. The fourth-order valence-electron chi connectivity index (χ4n) is 1.90. The monoisotopic (exact) mass is 322 g/mol. The molecule has 1 unspecified atom stereocenters. The van der Waals surface area contributed by atoms with Gasteiger partial charge in [0.15, 0.2) is 0 Å². The third-order valence-electron chi connectivity index (χ3n) is 3.04. The van der Waals surface area contributed by atoms with E-state index in [-0.39, 0.29) is 5.92 Å². The van der Waals surface area contributed by atoms with Crippen LogP contribution in [0.3, 0.4) is 0 Å². The van der Waals surface area contributed by atoms with Gasteiger partial charge in [0.2, 0.25) is 0 Å². The second-order valence-corrected chi connectivity index (χ2v) is 6.76. The van der Waals surface area contributed by atoms with Gasteiger partial charge in [-0.2, -0.15) is 0 Å². The molecule has 6 nitrogen and oxygen atoms in total. The predicted octanol–water partition coefficient (Wildman–Crippen LogP) is 3.23. The van der Waals surface area contributed by atoms with Crippen LogP contribution in [0.15, 0.2) is 24.3 Å². The van der Waals surface area contributed by atoms with Gasteiger partial charge >= 0.3 is 12.1 Å². The molecule has 1 atom stereocenters. The summed E-state index contributed by atoms with van der Waals surface area (Å²) in [6.45, 7) is 9.47. The van der Waals surface area contributed by atoms with Crippen LogP contribution in [0.1, 0.15) is 40.2 Å². The van der Waals surface area contributed by atoms with E-state index in [0.29, 0.717) is 6.54 Å². The highest BCUT2D eigenvalue weighted by Gasteiger charge is 2.21. The number of amides is 1. The van der Waals surface area contributed by atoms with Crippen LogP contribution in [-0.2, 0) is 16.1 Å². The second-order valence-electron chi connectivity index (χ2n) is 6.76. The summed E-state index contributed by atoms with van der Waals surface area (Å²) < 4.78 is 5.16. The summed E-state index contributed by atoms with van der Waals surface area (Å²) >= 11 is 0. The van der Waals surface area contributed by atoms with Crippen LogP contribution in [0, 0.1) is 5.92 Å². The third kappa shape index (κ3) is 7.04. The fraction of sp³-hybridized carbons (Fsp3) is 0.529. The van der Waals surface area contributed by atoms with Gasteiger partial charge < -0.3 is 20.5 Å². The smallest absolute Gasteiger partial charge is 0.407 e. The predicted molar refractivity (Wildman–Crippen MR) is 89.4 cm³/mol. The normalized spacial score (nSPS) is 12.6. The van der Waals surface area contributed by atoms with Crippen molar-refractivity contribution in [2.24, 2.45) is 5.92 Å². The first-order valence-corrected chi connectivity index (χ1v) is 7.63. The maximum Gasteiger partial charge on any atom is 0.407 e. The minimum Gasteiger partial charge on any atom is -0.480 e. The van der Waals surface area contributed by atoms with Crippen molar-refractivity contribution in [3.05, 3.63) is 29.8 Å². The first-order chi connectivity index (χ1) is 10.6. The Morgan fingerprint density at radius 3 is 2.17 bits per heavy atom. The number of benzene rings is 1. The van der Waals surface area contributed by atoms with Gasteiger partial charge in [-0.05, 0) is 44.4 Å². The van der Waals surface area contributed by atoms with E-state index in [4.69, 9.17) is 4.74 Å². The summed E-state index contributed by atoms with van der Waals surface area (Å²) in [7, 11) is 0. The van der Waals surface area contributed by atoms with E-state index in [2.05, 4.69) is 10.6 Å². The van der Waals surface area contributed by atoms with Gasteiger partial charge in [-0.15, -0.1) is 0 Å². The lowest BCUT2D eigenvalue weighted by Crippen LogP contribution is -2.34. The molecule has 0 saturated carbocycles. The van der Waals surface area contributed by atoms with Crippen molar-refractivity contribution in [3.8, 4) is 0 Å². The lowest BCUT2D eigenvalue weighted by atomic mass is 10.0. The number of rotatable bonds is 6. The van der Waals surface area contributed by atoms with Gasteiger partial charge in [0.05, 0.1) is 0 Å². The molecule has 0 aromatic heterocycles. The fourth-order valence-corrected chi connectivity index (χ4v) is 1.90. The van der Waals surface area contributed by atoms with Gasteiger partial charge in [-0.1, -0.05) is 26.0 Å². The number of anilines is 1. The van der Waals surface area contributed by atoms with E-state index >= 15 is 0 Å². The summed E-state index contributed by atoms with van der Waals surface area (Å²) in [5, 5.41) is 14.8. The average Bonchev–Trinajstić information content (AvgIpc) is 2.41. The number of ether oxygens (including phenoxy) is 1. The molecule has 1 rings (SSSR count). The van der Waals surface area contributed by atoms with E-state index in [0.717, 1.165) is 11.3 Å². The van der Waals surface area contributed by atoms with Crippen LogP contribution >= 0.6 is 0 Å². The first-order valence-electron chi connectivity index (χ1n) is 7.63. The lowest BCUT2D eigenvalue weighted by molar-refractivity contribution is -0.138. The minimum absolute atomic E-state index is 0.0268. The molecule has 1 aromatic rings. The van der Waals surface area contributed by atoms with E-state index in [1.807, 2.05) is 26.0 Å². The van der Waals surface area contributed by atoms with Crippen molar-refractivity contribution < 1.29 is 19.4 Å². The molecular formula is C17H26N2O4. The number of carboxylic acid groups (broad SMARTS) is 1. The Bertz CT molecular complexity index is 533. The van der Waals surface area contributed by atoms with Crippen LogP contribution < -0.4 is 10.6 Å². The number of carbonyl (C=O) groups excluding carboxylic acids is 1. The Morgan fingerprint density at radius 1 is 1.17 bits per heavy atom. The van der Waals surface area contributed by atoms with Crippen molar-refractivity contribution >= 4 is 17.7 Å². The molecule has 23 heavy (non-hydrogen) atoms. The number of carbonyl (C=O) groups is 2. The Kier molecular flexibility index (Phi) is 6.42. The Balaban J connectivity index is 2.57. The quantitative estimate of drug-likeness (QED) is 0.748. The Hall–Kier alpha value is -2.24. The third-order valence-corrected chi connectivity index (χ3v) is 3.04. The summed E-state index contributed by atoms with van der Waals surface area (Å²) in [4.78, 5) is 22.8. The molecule has 0 fully saturated rings. The van der Waals surface area contributed by atoms with E-state index in [9.17, 15) is 14.7 Å². The number of nitrogens with one attached hydrogen (secondary N) is 2. The topological polar surface area (TPSA) is 87.7 Å². The van der Waals surface area contributed by atoms with Crippen LogP contribution in [0.2, 0.25) is 0 Å². The van der Waals surface area contributed by atoms with Crippen LogP contribution in [0.4, 0.5) is 10.5 Å². The maximum absolute atomic E-state index is 11.6. The number of hydrogen-bond donors (Lipinski definition) is 3. The summed E-state index contributed by atoms with van der Waals surface area (Å²) in [6, 6.07) is 6.62. The number of hydrogen-bond acceptors (Lipinski definition) is 4.